The average molecular weight is 393 g/mol. The summed E-state index contributed by atoms with van der Waals surface area (Å²) in [5.41, 5.74) is 4.03. The minimum absolute atomic E-state index is 0.0608. The monoisotopic (exact) mass is 392 g/mol. The number of nitrogens with zero attached hydrogens (tertiary/aromatic N) is 2. The zero-order valence-electron chi connectivity index (χ0n) is 15.5. The first-order valence-electron chi connectivity index (χ1n) is 8.83. The van der Waals surface area contributed by atoms with Gasteiger partial charge in [0.2, 0.25) is 0 Å². The summed E-state index contributed by atoms with van der Waals surface area (Å²) in [5.74, 6) is -0.0130. The van der Waals surface area contributed by atoms with Gasteiger partial charge in [-0.05, 0) is 69.0 Å². The van der Waals surface area contributed by atoms with Crippen LogP contribution in [-0.4, -0.2) is 18.3 Å². The van der Waals surface area contributed by atoms with E-state index in [0.717, 1.165) is 18.5 Å². The number of hydrogen-bond donors (Lipinski definition) is 0. The Kier molecular flexibility index (Phi) is 5.32. The maximum atomic E-state index is 13.3. The van der Waals surface area contributed by atoms with Crippen molar-refractivity contribution in [3.8, 4) is 0 Å². The zero-order valence-corrected chi connectivity index (χ0v) is 17.0. The molecule has 5 heteroatoms. The lowest BCUT2D eigenvalue weighted by Gasteiger charge is -2.47. The van der Waals surface area contributed by atoms with Gasteiger partial charge in [0.05, 0.1) is 15.7 Å². The maximum Gasteiger partial charge on any atom is 0.141 e. The lowest BCUT2D eigenvalue weighted by molar-refractivity contribution is 0.381. The Morgan fingerprint density at radius 1 is 1.23 bits per heavy atom. The number of benzene rings is 2. The van der Waals surface area contributed by atoms with E-state index in [1.165, 1.54) is 23.4 Å². The van der Waals surface area contributed by atoms with Crippen LogP contribution in [0.1, 0.15) is 51.2 Å². The van der Waals surface area contributed by atoms with E-state index in [1.54, 1.807) is 12.3 Å². The van der Waals surface area contributed by atoms with Crippen LogP contribution in [0.25, 0.3) is 0 Å². The molecule has 1 aliphatic rings. The normalized spacial score (nSPS) is 19.0. The van der Waals surface area contributed by atoms with Gasteiger partial charge in [-0.3, -0.25) is 4.99 Å². The molecule has 0 saturated heterocycles. The molecular weight excluding hydrogens is 370 g/mol. The quantitative estimate of drug-likeness (QED) is 0.513. The molecule has 0 aromatic heterocycles. The van der Waals surface area contributed by atoms with E-state index in [-0.39, 0.29) is 10.6 Å². The van der Waals surface area contributed by atoms with Crippen LogP contribution in [0.4, 0.5) is 15.8 Å². The standard InChI is InChI=1S/C21H23Cl2FN2/c1-5-26-20-10-17(22)14(8-16(20)13(2)11-21(26,3)4)12-25-15-6-7-19(24)18(23)9-15/h6-10,12-13H,5,11H2,1-4H3. The van der Waals surface area contributed by atoms with E-state index in [2.05, 4.69) is 43.7 Å². The summed E-state index contributed by atoms with van der Waals surface area (Å²) in [6.45, 7) is 9.91. The molecule has 0 aliphatic carbocycles. The van der Waals surface area contributed by atoms with Crippen molar-refractivity contribution in [1.82, 2.24) is 0 Å². The number of halogens is 3. The Bertz CT molecular complexity index is 861. The first kappa shape index (κ1) is 19.2. The first-order chi connectivity index (χ1) is 12.2. The smallest absolute Gasteiger partial charge is 0.141 e. The highest BCUT2D eigenvalue weighted by atomic mass is 35.5. The van der Waals surface area contributed by atoms with Gasteiger partial charge in [0.15, 0.2) is 0 Å². The van der Waals surface area contributed by atoms with Crippen LogP contribution < -0.4 is 4.90 Å². The predicted molar refractivity (Wildman–Crippen MR) is 110 cm³/mol. The molecule has 2 aromatic carbocycles. The maximum absolute atomic E-state index is 13.3. The SMILES string of the molecule is CCN1c2cc(Cl)c(C=Nc3ccc(F)c(Cl)c3)cc2C(C)CC1(C)C. The fraction of sp³-hybridized carbons (Fsp3) is 0.381. The minimum Gasteiger partial charge on any atom is -0.366 e. The molecule has 1 unspecified atom stereocenters. The van der Waals surface area contributed by atoms with E-state index < -0.39 is 5.82 Å². The highest BCUT2D eigenvalue weighted by Crippen LogP contribution is 2.44. The van der Waals surface area contributed by atoms with Gasteiger partial charge in [-0.25, -0.2) is 4.39 Å². The van der Waals surface area contributed by atoms with Crippen LogP contribution in [0.5, 0.6) is 0 Å². The Morgan fingerprint density at radius 2 is 1.96 bits per heavy atom. The van der Waals surface area contributed by atoms with Gasteiger partial charge in [-0.2, -0.15) is 0 Å². The molecule has 0 radical (unpaired) electrons. The molecule has 0 spiro atoms. The molecule has 0 saturated carbocycles. The molecular formula is C21H23Cl2FN2. The van der Waals surface area contributed by atoms with Crippen LogP contribution >= 0.6 is 23.2 Å². The highest BCUT2D eigenvalue weighted by molar-refractivity contribution is 6.33. The molecule has 2 nitrogen and oxygen atoms in total. The summed E-state index contributed by atoms with van der Waals surface area (Å²) < 4.78 is 13.3. The van der Waals surface area contributed by atoms with Crippen molar-refractivity contribution >= 4 is 40.8 Å². The second-order valence-corrected chi connectivity index (χ2v) is 8.27. The van der Waals surface area contributed by atoms with E-state index >= 15 is 0 Å². The molecule has 1 atom stereocenters. The van der Waals surface area contributed by atoms with Gasteiger partial charge >= 0.3 is 0 Å². The summed E-state index contributed by atoms with van der Waals surface area (Å²) in [6.07, 6.45) is 2.80. The van der Waals surface area contributed by atoms with Gasteiger partial charge in [0, 0.05) is 29.5 Å². The Morgan fingerprint density at radius 3 is 2.62 bits per heavy atom. The lowest BCUT2D eigenvalue weighted by Crippen LogP contribution is -2.48. The van der Waals surface area contributed by atoms with Gasteiger partial charge in [-0.15, -0.1) is 0 Å². The largest absolute Gasteiger partial charge is 0.366 e. The van der Waals surface area contributed by atoms with Crippen LogP contribution in [0.15, 0.2) is 35.3 Å². The molecule has 1 heterocycles. The topological polar surface area (TPSA) is 15.6 Å². The second-order valence-electron chi connectivity index (χ2n) is 7.45. The van der Waals surface area contributed by atoms with E-state index in [9.17, 15) is 4.39 Å². The molecule has 0 amide bonds. The van der Waals surface area contributed by atoms with E-state index in [0.29, 0.717) is 16.6 Å². The first-order valence-corrected chi connectivity index (χ1v) is 9.58. The van der Waals surface area contributed by atoms with Crippen molar-refractivity contribution in [2.24, 2.45) is 4.99 Å². The molecule has 138 valence electrons. The van der Waals surface area contributed by atoms with Crippen LogP contribution in [0, 0.1) is 5.82 Å². The fourth-order valence-electron chi connectivity index (χ4n) is 3.93. The van der Waals surface area contributed by atoms with Crippen molar-refractivity contribution in [1.29, 1.82) is 0 Å². The molecule has 2 aromatic rings. The predicted octanol–water partition coefficient (Wildman–Crippen LogP) is 7.00. The lowest BCUT2D eigenvalue weighted by atomic mass is 9.79. The fourth-order valence-corrected chi connectivity index (χ4v) is 4.31. The number of fused-ring (bicyclic) bond motifs is 1. The van der Waals surface area contributed by atoms with Crippen molar-refractivity contribution in [2.75, 3.05) is 11.4 Å². The molecule has 1 aliphatic heterocycles. The number of aliphatic imine (C=N–C) groups is 1. The number of rotatable bonds is 3. The Labute approximate surface area is 164 Å². The summed E-state index contributed by atoms with van der Waals surface area (Å²) >= 11 is 12.4. The van der Waals surface area contributed by atoms with Crippen LogP contribution in [0.3, 0.4) is 0 Å². The summed E-state index contributed by atoms with van der Waals surface area (Å²) in [7, 11) is 0. The molecule has 26 heavy (non-hydrogen) atoms. The summed E-state index contributed by atoms with van der Waals surface area (Å²) in [5, 5.41) is 0.717. The third-order valence-corrected chi connectivity index (χ3v) is 5.69. The highest BCUT2D eigenvalue weighted by Gasteiger charge is 2.35. The number of anilines is 1. The Balaban J connectivity index is 1.99. The summed E-state index contributed by atoms with van der Waals surface area (Å²) in [4.78, 5) is 6.82. The van der Waals surface area contributed by atoms with Crippen molar-refractivity contribution in [3.05, 3.63) is 57.3 Å². The van der Waals surface area contributed by atoms with Gasteiger partial charge < -0.3 is 4.90 Å². The molecule has 3 rings (SSSR count). The average Bonchev–Trinajstić information content (AvgIpc) is 2.56. The zero-order chi connectivity index (χ0) is 19.1. The van der Waals surface area contributed by atoms with E-state index in [4.69, 9.17) is 23.2 Å². The van der Waals surface area contributed by atoms with Crippen LogP contribution in [-0.2, 0) is 0 Å². The van der Waals surface area contributed by atoms with Gasteiger partial charge in [0.1, 0.15) is 5.82 Å². The third kappa shape index (κ3) is 3.60. The van der Waals surface area contributed by atoms with Crippen molar-refractivity contribution in [2.45, 2.75) is 45.6 Å². The second kappa shape index (κ2) is 7.21. The molecule has 0 fully saturated rings. The van der Waals surface area contributed by atoms with Gasteiger partial charge in [-0.1, -0.05) is 30.1 Å². The minimum atomic E-state index is -0.450. The Hall–Kier alpha value is -1.58. The van der Waals surface area contributed by atoms with Gasteiger partial charge in [0.25, 0.3) is 0 Å². The van der Waals surface area contributed by atoms with Crippen LogP contribution in [0.2, 0.25) is 10.0 Å². The molecule has 0 N–H and O–H groups in total. The molecule has 0 bridgehead atoms. The van der Waals surface area contributed by atoms with Crippen molar-refractivity contribution < 1.29 is 4.39 Å². The van der Waals surface area contributed by atoms with E-state index in [1.807, 2.05) is 6.07 Å². The summed E-state index contributed by atoms with van der Waals surface area (Å²) in [6, 6.07) is 8.57. The number of hydrogen-bond acceptors (Lipinski definition) is 2. The van der Waals surface area contributed by atoms with Crippen molar-refractivity contribution in [3.63, 3.8) is 0 Å². The third-order valence-electron chi connectivity index (χ3n) is 5.08.